The number of hydrogen-bond donors (Lipinski definition) is 0. The number of esters is 3. The van der Waals surface area contributed by atoms with E-state index in [2.05, 4.69) is 93.7 Å². The van der Waals surface area contributed by atoms with Gasteiger partial charge in [-0.25, -0.2) is 0 Å². The van der Waals surface area contributed by atoms with Gasteiger partial charge in [0.25, 0.3) is 0 Å². The lowest BCUT2D eigenvalue weighted by Crippen LogP contribution is -2.30. The SMILES string of the molecule is CCC/C=C\C/C=C\CCCCCCCC(=O)OCC(COC(=O)CCCCCCCCCCCCCCCCCCCCC/C=C\CCCCCCCCCC)OC(=O)CCCCCCCC/C=C\C/C=C\C/C=C\CCCCC. The van der Waals surface area contributed by atoms with Crippen molar-refractivity contribution in [1.29, 1.82) is 0 Å². The first kappa shape index (κ1) is 77.9. The Kier molecular flexibility index (Phi) is 66.6. The molecule has 0 saturated carbocycles. The molecule has 0 radical (unpaired) electrons. The maximum absolute atomic E-state index is 12.9. The molecule has 0 rings (SSSR count). The first-order valence-corrected chi connectivity index (χ1v) is 35.4. The topological polar surface area (TPSA) is 78.9 Å². The van der Waals surface area contributed by atoms with Crippen molar-refractivity contribution in [2.45, 2.75) is 374 Å². The molecule has 0 aromatic carbocycles. The molecule has 6 heteroatoms. The van der Waals surface area contributed by atoms with E-state index >= 15 is 0 Å². The van der Waals surface area contributed by atoms with Gasteiger partial charge in [-0.15, -0.1) is 0 Å². The van der Waals surface area contributed by atoms with Crippen molar-refractivity contribution in [3.05, 3.63) is 72.9 Å². The highest BCUT2D eigenvalue weighted by Gasteiger charge is 2.19. The fraction of sp³-hybridized carbons (Fsp3) is 0.800. The monoisotopic (exact) mass is 1130 g/mol. The highest BCUT2D eigenvalue weighted by Crippen LogP contribution is 2.18. The Morgan fingerprint density at radius 1 is 0.247 bits per heavy atom. The predicted octanol–water partition coefficient (Wildman–Crippen LogP) is 24.4. The lowest BCUT2D eigenvalue weighted by atomic mass is 10.0. The number of hydrogen-bond acceptors (Lipinski definition) is 6. The summed E-state index contributed by atoms with van der Waals surface area (Å²) in [6.45, 7) is 6.57. The van der Waals surface area contributed by atoms with Gasteiger partial charge >= 0.3 is 17.9 Å². The van der Waals surface area contributed by atoms with Crippen molar-refractivity contribution >= 4 is 17.9 Å². The van der Waals surface area contributed by atoms with Crippen LogP contribution in [0.25, 0.3) is 0 Å². The Morgan fingerprint density at radius 2 is 0.469 bits per heavy atom. The Balaban J connectivity index is 4.20. The third-order valence-electron chi connectivity index (χ3n) is 15.6. The van der Waals surface area contributed by atoms with Gasteiger partial charge in [0.05, 0.1) is 0 Å². The lowest BCUT2D eigenvalue weighted by Gasteiger charge is -2.18. The summed E-state index contributed by atoms with van der Waals surface area (Å²) in [7, 11) is 0. The smallest absolute Gasteiger partial charge is 0.306 e. The molecule has 0 spiro atoms. The number of rotatable bonds is 65. The van der Waals surface area contributed by atoms with E-state index < -0.39 is 6.10 Å². The zero-order valence-corrected chi connectivity index (χ0v) is 54.1. The maximum atomic E-state index is 12.9. The van der Waals surface area contributed by atoms with Gasteiger partial charge in [-0.2, -0.15) is 0 Å². The minimum Gasteiger partial charge on any atom is -0.462 e. The molecule has 0 aromatic heterocycles. The molecule has 0 aromatic rings. The van der Waals surface area contributed by atoms with E-state index in [0.29, 0.717) is 19.3 Å². The molecule has 6 nitrogen and oxygen atoms in total. The summed E-state index contributed by atoms with van der Waals surface area (Å²) >= 11 is 0. The van der Waals surface area contributed by atoms with Crippen LogP contribution in [0.5, 0.6) is 0 Å². The summed E-state index contributed by atoms with van der Waals surface area (Å²) < 4.78 is 16.9. The first-order chi connectivity index (χ1) is 40.0. The van der Waals surface area contributed by atoms with Gasteiger partial charge in [0.2, 0.25) is 0 Å². The van der Waals surface area contributed by atoms with Crippen molar-refractivity contribution in [2.75, 3.05) is 13.2 Å². The molecule has 0 saturated heterocycles. The Morgan fingerprint density at radius 3 is 0.778 bits per heavy atom. The summed E-state index contributed by atoms with van der Waals surface area (Å²) in [4.78, 5) is 38.4. The Labute approximate surface area is 503 Å². The van der Waals surface area contributed by atoms with E-state index in [-0.39, 0.29) is 31.1 Å². The molecule has 0 N–H and O–H groups in total. The number of unbranched alkanes of at least 4 members (excludes halogenated alkanes) is 42. The third-order valence-corrected chi connectivity index (χ3v) is 15.6. The minimum absolute atomic E-state index is 0.0827. The van der Waals surface area contributed by atoms with Crippen LogP contribution < -0.4 is 0 Å². The average molecular weight is 1130 g/mol. The molecule has 1 atom stereocenters. The van der Waals surface area contributed by atoms with E-state index in [1.807, 2.05) is 0 Å². The van der Waals surface area contributed by atoms with Crippen LogP contribution in [0, 0.1) is 0 Å². The summed E-state index contributed by atoms with van der Waals surface area (Å²) in [5, 5.41) is 0. The second-order valence-electron chi connectivity index (χ2n) is 23.8. The van der Waals surface area contributed by atoms with Gasteiger partial charge < -0.3 is 14.2 Å². The van der Waals surface area contributed by atoms with Gasteiger partial charge in [-0.1, -0.05) is 312 Å². The summed E-state index contributed by atoms with van der Waals surface area (Å²) in [5.41, 5.74) is 0. The van der Waals surface area contributed by atoms with Gasteiger partial charge in [0.15, 0.2) is 6.10 Å². The number of carbonyl (C=O) groups is 3. The molecule has 81 heavy (non-hydrogen) atoms. The van der Waals surface area contributed by atoms with E-state index in [0.717, 1.165) is 109 Å². The van der Waals surface area contributed by atoms with Crippen molar-refractivity contribution in [3.63, 3.8) is 0 Å². The Hall–Kier alpha value is -3.15. The summed E-state index contributed by atoms with van der Waals surface area (Å²) in [5.74, 6) is -0.892. The van der Waals surface area contributed by atoms with Crippen molar-refractivity contribution in [1.82, 2.24) is 0 Å². The van der Waals surface area contributed by atoms with Crippen molar-refractivity contribution in [2.24, 2.45) is 0 Å². The molecule has 0 aliphatic carbocycles. The van der Waals surface area contributed by atoms with E-state index in [9.17, 15) is 14.4 Å². The van der Waals surface area contributed by atoms with Crippen LogP contribution >= 0.6 is 0 Å². The average Bonchev–Trinajstić information content (AvgIpc) is 3.46. The summed E-state index contributed by atoms with van der Waals surface area (Å²) in [6.07, 6.45) is 90.8. The van der Waals surface area contributed by atoms with Gasteiger partial charge in [0, 0.05) is 19.3 Å². The molecule has 470 valence electrons. The zero-order valence-electron chi connectivity index (χ0n) is 54.1. The zero-order chi connectivity index (χ0) is 58.5. The van der Waals surface area contributed by atoms with E-state index in [1.54, 1.807) is 0 Å². The van der Waals surface area contributed by atoms with Gasteiger partial charge in [-0.05, 0) is 109 Å². The highest BCUT2D eigenvalue weighted by atomic mass is 16.6. The second-order valence-corrected chi connectivity index (χ2v) is 23.8. The normalized spacial score (nSPS) is 12.5. The first-order valence-electron chi connectivity index (χ1n) is 35.4. The van der Waals surface area contributed by atoms with E-state index in [4.69, 9.17) is 14.2 Å². The summed E-state index contributed by atoms with van der Waals surface area (Å²) in [6, 6.07) is 0. The highest BCUT2D eigenvalue weighted by molar-refractivity contribution is 5.71. The largest absolute Gasteiger partial charge is 0.462 e. The van der Waals surface area contributed by atoms with Crippen LogP contribution in [0.15, 0.2) is 72.9 Å². The molecule has 0 amide bonds. The molecule has 0 fully saturated rings. The minimum atomic E-state index is -0.789. The van der Waals surface area contributed by atoms with Crippen LogP contribution in [0.3, 0.4) is 0 Å². The number of ether oxygens (including phenoxy) is 3. The fourth-order valence-electron chi connectivity index (χ4n) is 10.3. The van der Waals surface area contributed by atoms with Crippen LogP contribution in [0.1, 0.15) is 367 Å². The Bertz CT molecular complexity index is 1490. The van der Waals surface area contributed by atoms with Gasteiger partial charge in [-0.3, -0.25) is 14.4 Å². The van der Waals surface area contributed by atoms with Crippen LogP contribution in [0.2, 0.25) is 0 Å². The number of allylic oxidation sites excluding steroid dienone is 12. The standard InChI is InChI=1S/C75H134O6/c1-4-7-10-13-16-19-22-25-27-29-31-32-33-34-35-36-37-38-39-40-41-42-44-45-47-50-53-56-59-62-65-68-74(77)80-71-72(70-79-73(76)67-64-61-58-55-52-49-24-21-18-15-12-9-6-3)81-75(78)69-66-63-60-57-54-51-48-46-43-30-28-26-23-20-17-14-11-8-5-2/h12,15,17,20-21,24,26,28-29,31,43,46,72H,4-11,13-14,16,18-19,22-23,25,27,30,32-42,44-45,47-71H2,1-3H3/b15-12-,20-17-,24-21-,28-26-,31-29-,46-43-. The lowest BCUT2D eigenvalue weighted by molar-refractivity contribution is -0.167. The molecule has 1 unspecified atom stereocenters. The van der Waals surface area contributed by atoms with Crippen molar-refractivity contribution < 1.29 is 28.6 Å². The quantitative estimate of drug-likeness (QED) is 0.0261. The van der Waals surface area contributed by atoms with Crippen molar-refractivity contribution in [3.8, 4) is 0 Å². The van der Waals surface area contributed by atoms with E-state index in [1.165, 1.54) is 218 Å². The maximum Gasteiger partial charge on any atom is 0.306 e. The fourth-order valence-corrected chi connectivity index (χ4v) is 10.3. The van der Waals surface area contributed by atoms with Crippen LogP contribution in [0.4, 0.5) is 0 Å². The van der Waals surface area contributed by atoms with Crippen LogP contribution in [-0.2, 0) is 28.6 Å². The molecule has 0 aliphatic rings. The molecule has 0 bridgehead atoms. The molecule has 0 heterocycles. The van der Waals surface area contributed by atoms with Gasteiger partial charge in [0.1, 0.15) is 13.2 Å². The van der Waals surface area contributed by atoms with Crippen LogP contribution in [-0.4, -0.2) is 37.2 Å². The molecule has 0 aliphatic heterocycles. The number of carbonyl (C=O) groups excluding carboxylic acids is 3. The molecular weight excluding hydrogens is 997 g/mol. The third kappa shape index (κ3) is 67.5. The predicted molar refractivity (Wildman–Crippen MR) is 353 cm³/mol. The molecular formula is C75H134O6. The second kappa shape index (κ2) is 69.3.